The normalized spacial score (nSPS) is 11.8. The van der Waals surface area contributed by atoms with Crippen LogP contribution in [0.1, 0.15) is 0 Å². The van der Waals surface area contributed by atoms with E-state index < -0.39 is 27.1 Å². The van der Waals surface area contributed by atoms with E-state index in [4.69, 9.17) is 30.5 Å². The molecule has 0 aliphatic rings. The first-order chi connectivity index (χ1) is 11.9. The third-order valence-corrected chi connectivity index (χ3v) is 2.81. The average molecular weight is 377 g/mol. The fraction of sp³-hybridized carbons (Fsp3) is 0.417. The van der Waals surface area contributed by atoms with Crippen molar-refractivity contribution in [2.24, 2.45) is 0 Å². The summed E-state index contributed by atoms with van der Waals surface area (Å²) in [6.07, 6.45) is 10.1. The van der Waals surface area contributed by atoms with E-state index in [1.54, 1.807) is 0 Å². The van der Waals surface area contributed by atoms with Crippen molar-refractivity contribution in [3.63, 3.8) is 0 Å². The minimum Gasteiger partial charge on any atom is -0.394 e. The van der Waals surface area contributed by atoms with Gasteiger partial charge in [-0.2, -0.15) is 0 Å². The van der Waals surface area contributed by atoms with Crippen LogP contribution < -0.4 is 5.73 Å². The van der Waals surface area contributed by atoms with Gasteiger partial charge in [0.25, 0.3) is 0 Å². The number of phosphoric ester groups is 1. The number of imidazole rings is 1. The van der Waals surface area contributed by atoms with Gasteiger partial charge in [0.05, 0.1) is 32.8 Å². The van der Waals surface area contributed by atoms with Crippen LogP contribution in [0, 0.1) is 12.8 Å². The Morgan fingerprint density at radius 2 is 1.96 bits per heavy atom. The number of hydrogen-bond acceptors (Lipinski definition) is 9. The van der Waals surface area contributed by atoms with Gasteiger partial charge in [-0.25, -0.2) is 19.5 Å². The zero-order chi connectivity index (χ0) is 19.3. The molecule has 2 heterocycles. The highest BCUT2D eigenvalue weighted by Gasteiger charge is 2.17. The largest absolute Gasteiger partial charge is 0.469 e. The standard InChI is InChI=1S/C5H5N5.C5H13O7P.C2H2/c6-4-3-5(9-1-7-3)10-2-8-4;6-1-2-11-5(3-7)4-12-13(8,9)10;1-2/h1-2H,(H3,6,7,8,9,10);5-7H,1-4H2,(H2,8,9,10);1-2H/t;5-;/m.0./s1. The molecule has 0 unspecified atom stereocenters. The lowest BCUT2D eigenvalue weighted by Crippen LogP contribution is -2.24. The van der Waals surface area contributed by atoms with Crippen molar-refractivity contribution in [1.82, 2.24) is 19.9 Å². The predicted octanol–water partition coefficient (Wildman–Crippen LogP) is -1.35. The molecule has 0 aromatic carbocycles. The number of aromatic amines is 1. The number of nitrogens with two attached hydrogens (primary N) is 1. The minimum absolute atomic E-state index is 0.0181. The van der Waals surface area contributed by atoms with E-state index >= 15 is 0 Å². The van der Waals surface area contributed by atoms with Crippen LogP contribution in [-0.2, 0) is 13.8 Å². The molecule has 0 fully saturated rings. The summed E-state index contributed by atoms with van der Waals surface area (Å²) in [7, 11) is -4.52. The molecule has 0 saturated carbocycles. The molecule has 2 aromatic rings. The molecular formula is C12H20N5O7P. The molecule has 7 N–H and O–H groups in total. The maximum Gasteiger partial charge on any atom is 0.469 e. The van der Waals surface area contributed by atoms with Crippen LogP contribution in [0.25, 0.3) is 11.2 Å². The van der Waals surface area contributed by atoms with Crippen molar-refractivity contribution < 1.29 is 33.8 Å². The average Bonchev–Trinajstić information content (AvgIpc) is 3.07. The summed E-state index contributed by atoms with van der Waals surface area (Å²) >= 11 is 0. The second-order valence-electron chi connectivity index (χ2n) is 4.05. The fourth-order valence-corrected chi connectivity index (χ4v) is 1.70. The maximum absolute atomic E-state index is 10.2. The molecule has 0 radical (unpaired) electrons. The van der Waals surface area contributed by atoms with E-state index in [2.05, 4.69) is 37.3 Å². The molecular weight excluding hydrogens is 357 g/mol. The van der Waals surface area contributed by atoms with Crippen LogP contribution in [0.2, 0.25) is 0 Å². The lowest BCUT2D eigenvalue weighted by molar-refractivity contribution is -0.0306. The summed E-state index contributed by atoms with van der Waals surface area (Å²) < 4.78 is 19.1. The Morgan fingerprint density at radius 1 is 1.28 bits per heavy atom. The van der Waals surface area contributed by atoms with Gasteiger partial charge in [0.15, 0.2) is 11.5 Å². The van der Waals surface area contributed by atoms with Gasteiger partial charge >= 0.3 is 7.82 Å². The van der Waals surface area contributed by atoms with Crippen molar-refractivity contribution >= 4 is 24.8 Å². The summed E-state index contributed by atoms with van der Waals surface area (Å²) in [6.45, 7) is -1.09. The van der Waals surface area contributed by atoms with Gasteiger partial charge in [0.2, 0.25) is 0 Å². The van der Waals surface area contributed by atoms with Gasteiger partial charge in [0.1, 0.15) is 17.9 Å². The highest BCUT2D eigenvalue weighted by molar-refractivity contribution is 7.46. The summed E-state index contributed by atoms with van der Waals surface area (Å²) in [6, 6.07) is 0. The van der Waals surface area contributed by atoms with Gasteiger partial charge in [-0.05, 0) is 0 Å². The summed E-state index contributed by atoms with van der Waals surface area (Å²) in [5.74, 6) is 0.433. The smallest absolute Gasteiger partial charge is 0.394 e. The van der Waals surface area contributed by atoms with E-state index in [0.717, 1.165) is 0 Å². The number of ether oxygens (including phenoxy) is 1. The number of aliphatic hydroxyl groups excluding tert-OH is 2. The summed E-state index contributed by atoms with van der Waals surface area (Å²) in [5.41, 5.74) is 6.78. The van der Waals surface area contributed by atoms with E-state index in [1.807, 2.05) is 0 Å². The molecule has 0 aliphatic carbocycles. The zero-order valence-electron chi connectivity index (χ0n) is 13.1. The number of aliphatic hydroxyl groups is 2. The number of terminal acetylenes is 1. The number of hydrogen-bond donors (Lipinski definition) is 6. The first kappa shape index (κ1) is 22.9. The van der Waals surface area contributed by atoms with Crippen LogP contribution >= 0.6 is 7.82 Å². The highest BCUT2D eigenvalue weighted by Crippen LogP contribution is 2.35. The van der Waals surface area contributed by atoms with Gasteiger partial charge in [-0.15, -0.1) is 12.8 Å². The quantitative estimate of drug-likeness (QED) is 0.246. The summed E-state index contributed by atoms with van der Waals surface area (Å²) in [4.78, 5) is 30.9. The minimum atomic E-state index is -4.52. The van der Waals surface area contributed by atoms with E-state index in [1.165, 1.54) is 12.7 Å². The molecule has 0 spiro atoms. The molecule has 1 atom stereocenters. The number of fused-ring (bicyclic) bond motifs is 1. The number of anilines is 1. The first-order valence-corrected chi connectivity index (χ1v) is 8.16. The topological polar surface area (TPSA) is 197 Å². The van der Waals surface area contributed by atoms with Gasteiger partial charge in [0, 0.05) is 0 Å². The Morgan fingerprint density at radius 3 is 2.48 bits per heavy atom. The van der Waals surface area contributed by atoms with Gasteiger partial charge < -0.3 is 35.5 Å². The van der Waals surface area contributed by atoms with Crippen molar-refractivity contribution in [1.29, 1.82) is 0 Å². The SMILES string of the molecule is C#C.Nc1ncnc2nc[nH]c12.O=P(O)(O)OC[C@H](CO)OCCO. The van der Waals surface area contributed by atoms with E-state index in [9.17, 15) is 4.57 Å². The van der Waals surface area contributed by atoms with E-state index in [0.29, 0.717) is 17.0 Å². The summed E-state index contributed by atoms with van der Waals surface area (Å²) in [5, 5.41) is 16.9. The molecule has 0 amide bonds. The van der Waals surface area contributed by atoms with Crippen molar-refractivity contribution in [3.05, 3.63) is 12.7 Å². The maximum atomic E-state index is 10.2. The Hall–Kier alpha value is -2.10. The third-order valence-electron chi connectivity index (χ3n) is 2.33. The number of H-pyrrole nitrogens is 1. The Balaban J connectivity index is 0.000000426. The van der Waals surface area contributed by atoms with Gasteiger partial charge in [-0.3, -0.25) is 4.52 Å². The number of phosphoric acid groups is 1. The number of nitrogen functional groups attached to an aromatic ring is 1. The van der Waals surface area contributed by atoms with Crippen LogP contribution in [0.15, 0.2) is 12.7 Å². The molecule has 12 nitrogen and oxygen atoms in total. The zero-order valence-corrected chi connectivity index (χ0v) is 14.0. The Labute approximate surface area is 143 Å². The molecule has 2 aromatic heterocycles. The molecule has 0 aliphatic heterocycles. The molecule has 13 heteroatoms. The second kappa shape index (κ2) is 12.3. The third kappa shape index (κ3) is 9.70. The number of nitrogens with zero attached hydrogens (tertiary/aromatic N) is 3. The molecule has 25 heavy (non-hydrogen) atoms. The van der Waals surface area contributed by atoms with Gasteiger partial charge in [-0.1, -0.05) is 0 Å². The molecule has 140 valence electrons. The van der Waals surface area contributed by atoms with Crippen LogP contribution in [0.5, 0.6) is 0 Å². The molecule has 0 saturated heterocycles. The predicted molar refractivity (Wildman–Crippen MR) is 87.9 cm³/mol. The number of nitrogens with one attached hydrogen (secondary N) is 1. The lowest BCUT2D eigenvalue weighted by atomic mass is 10.4. The molecule has 0 bridgehead atoms. The fourth-order valence-electron chi connectivity index (χ4n) is 1.34. The van der Waals surface area contributed by atoms with Crippen LogP contribution in [0.4, 0.5) is 5.82 Å². The van der Waals surface area contributed by atoms with Crippen molar-refractivity contribution in [2.75, 3.05) is 32.2 Å². The van der Waals surface area contributed by atoms with Crippen LogP contribution in [0.3, 0.4) is 0 Å². The molecule has 2 rings (SSSR count). The van der Waals surface area contributed by atoms with Crippen molar-refractivity contribution in [3.8, 4) is 12.8 Å². The number of rotatable bonds is 7. The Kier molecular flexibility index (Phi) is 11.3. The second-order valence-corrected chi connectivity index (χ2v) is 5.28. The van der Waals surface area contributed by atoms with E-state index in [-0.39, 0.29) is 13.2 Å². The Bertz CT molecular complexity index is 674. The number of aromatic nitrogens is 4. The first-order valence-electron chi connectivity index (χ1n) is 6.63. The van der Waals surface area contributed by atoms with Crippen LogP contribution in [-0.4, -0.2) is 72.5 Å². The highest BCUT2D eigenvalue weighted by atomic mass is 31.2. The monoisotopic (exact) mass is 377 g/mol. The van der Waals surface area contributed by atoms with Crippen molar-refractivity contribution in [2.45, 2.75) is 6.10 Å². The lowest BCUT2D eigenvalue weighted by Gasteiger charge is -2.14.